The number of nitrogen functional groups attached to an aromatic ring is 1. The number of hydrogen-bond donors (Lipinski definition) is 1. The van der Waals surface area contributed by atoms with E-state index >= 15 is 0 Å². The summed E-state index contributed by atoms with van der Waals surface area (Å²) in [4.78, 5) is 14.2. The lowest BCUT2D eigenvalue weighted by Gasteiger charge is -2.17. The Balaban J connectivity index is 2.78. The monoisotopic (exact) mass is 198 g/mol. The molecule has 1 aromatic heterocycles. The average molecular weight is 198 g/mol. The van der Waals surface area contributed by atoms with E-state index in [1.807, 2.05) is 13.8 Å². The molecule has 2 N–H and O–H groups in total. The number of rotatable bonds is 3. The van der Waals surface area contributed by atoms with Crippen LogP contribution in [-0.4, -0.2) is 23.9 Å². The lowest BCUT2D eigenvalue weighted by molar-refractivity contribution is 0.0778. The summed E-state index contributed by atoms with van der Waals surface area (Å²) in [5.74, 6) is 0.0756. The molecule has 72 valence electrons. The molecule has 0 spiro atoms. The van der Waals surface area contributed by atoms with Gasteiger partial charge in [0.2, 0.25) is 0 Å². The minimum Gasteiger partial charge on any atom is -0.391 e. The first-order valence-electron chi connectivity index (χ1n) is 4.33. The lowest BCUT2D eigenvalue weighted by atomic mass is 10.4. The largest absolute Gasteiger partial charge is 0.391 e. The number of anilines is 1. The van der Waals surface area contributed by atoms with E-state index in [2.05, 4.69) is 0 Å². The second kappa shape index (κ2) is 4.28. The standard InChI is InChI=1S/C9H14N2OS/c1-3-11(4-2)9(12)7-5-6-8(10)13-7/h5-6H,3-4,10H2,1-2H3. The molecule has 1 aromatic rings. The quantitative estimate of drug-likeness (QED) is 0.805. The van der Waals surface area contributed by atoms with E-state index in [9.17, 15) is 4.79 Å². The van der Waals surface area contributed by atoms with E-state index < -0.39 is 0 Å². The summed E-state index contributed by atoms with van der Waals surface area (Å²) < 4.78 is 0. The molecular formula is C9H14N2OS. The van der Waals surface area contributed by atoms with Crippen LogP contribution in [0.4, 0.5) is 5.00 Å². The number of carbonyl (C=O) groups excluding carboxylic acids is 1. The van der Waals surface area contributed by atoms with Crippen LogP contribution < -0.4 is 5.73 Å². The number of nitrogens with zero attached hydrogens (tertiary/aromatic N) is 1. The van der Waals surface area contributed by atoms with Crippen molar-refractivity contribution >= 4 is 22.2 Å². The number of carbonyl (C=O) groups is 1. The van der Waals surface area contributed by atoms with Gasteiger partial charge in [-0.15, -0.1) is 11.3 Å². The summed E-state index contributed by atoms with van der Waals surface area (Å²) in [6, 6.07) is 3.54. The van der Waals surface area contributed by atoms with Gasteiger partial charge < -0.3 is 10.6 Å². The molecule has 0 saturated carbocycles. The minimum atomic E-state index is 0.0756. The van der Waals surface area contributed by atoms with Gasteiger partial charge in [-0.05, 0) is 26.0 Å². The molecule has 0 saturated heterocycles. The van der Waals surface area contributed by atoms with Crippen LogP contribution in [0.3, 0.4) is 0 Å². The molecule has 0 radical (unpaired) electrons. The summed E-state index contributed by atoms with van der Waals surface area (Å²) in [7, 11) is 0. The molecule has 0 aliphatic heterocycles. The lowest BCUT2D eigenvalue weighted by Crippen LogP contribution is -2.29. The zero-order chi connectivity index (χ0) is 9.84. The van der Waals surface area contributed by atoms with E-state index in [0.717, 1.165) is 18.0 Å². The van der Waals surface area contributed by atoms with Crippen LogP contribution >= 0.6 is 11.3 Å². The van der Waals surface area contributed by atoms with Gasteiger partial charge in [0, 0.05) is 13.1 Å². The van der Waals surface area contributed by atoms with Crippen molar-refractivity contribution in [1.82, 2.24) is 4.90 Å². The molecule has 0 aromatic carbocycles. The average Bonchev–Trinajstić information content (AvgIpc) is 2.54. The zero-order valence-electron chi connectivity index (χ0n) is 7.91. The Kier molecular flexibility index (Phi) is 3.31. The molecule has 13 heavy (non-hydrogen) atoms. The highest BCUT2D eigenvalue weighted by Crippen LogP contribution is 2.19. The van der Waals surface area contributed by atoms with Crippen LogP contribution in [0.1, 0.15) is 23.5 Å². The minimum absolute atomic E-state index is 0.0756. The Morgan fingerprint density at radius 1 is 1.46 bits per heavy atom. The molecule has 4 heteroatoms. The maximum Gasteiger partial charge on any atom is 0.263 e. The molecule has 1 amide bonds. The smallest absolute Gasteiger partial charge is 0.263 e. The molecule has 3 nitrogen and oxygen atoms in total. The second-order valence-corrected chi connectivity index (χ2v) is 3.79. The third-order valence-electron chi connectivity index (χ3n) is 1.89. The molecule has 0 atom stereocenters. The van der Waals surface area contributed by atoms with Crippen LogP contribution in [0.2, 0.25) is 0 Å². The Bertz CT molecular complexity index is 292. The van der Waals surface area contributed by atoms with Crippen LogP contribution in [0.15, 0.2) is 12.1 Å². The SMILES string of the molecule is CCN(CC)C(=O)c1ccc(N)s1. The molecule has 1 heterocycles. The number of hydrogen-bond acceptors (Lipinski definition) is 3. The molecule has 0 unspecified atom stereocenters. The van der Waals surface area contributed by atoms with E-state index in [1.165, 1.54) is 11.3 Å². The third kappa shape index (κ3) is 2.21. The predicted octanol–water partition coefficient (Wildman–Crippen LogP) is 1.81. The first-order valence-corrected chi connectivity index (χ1v) is 5.15. The van der Waals surface area contributed by atoms with E-state index in [-0.39, 0.29) is 5.91 Å². The van der Waals surface area contributed by atoms with Gasteiger partial charge >= 0.3 is 0 Å². The van der Waals surface area contributed by atoms with Crippen molar-refractivity contribution in [1.29, 1.82) is 0 Å². The van der Waals surface area contributed by atoms with Crippen molar-refractivity contribution in [3.05, 3.63) is 17.0 Å². The highest BCUT2D eigenvalue weighted by molar-refractivity contribution is 7.17. The Morgan fingerprint density at radius 3 is 2.46 bits per heavy atom. The zero-order valence-corrected chi connectivity index (χ0v) is 8.73. The van der Waals surface area contributed by atoms with Crippen LogP contribution in [-0.2, 0) is 0 Å². The van der Waals surface area contributed by atoms with E-state index in [1.54, 1.807) is 17.0 Å². The maximum atomic E-state index is 11.7. The number of amides is 1. The van der Waals surface area contributed by atoms with E-state index in [4.69, 9.17) is 5.73 Å². The summed E-state index contributed by atoms with van der Waals surface area (Å²) in [5, 5.41) is 0.690. The van der Waals surface area contributed by atoms with Gasteiger partial charge in [-0.2, -0.15) is 0 Å². The van der Waals surface area contributed by atoms with Crippen molar-refractivity contribution in [2.75, 3.05) is 18.8 Å². The molecule has 0 aliphatic carbocycles. The van der Waals surface area contributed by atoms with Crippen LogP contribution in [0.25, 0.3) is 0 Å². The van der Waals surface area contributed by atoms with Gasteiger partial charge in [0.15, 0.2) is 0 Å². The van der Waals surface area contributed by atoms with Gasteiger partial charge in [0.05, 0.1) is 9.88 Å². The summed E-state index contributed by atoms with van der Waals surface area (Å²) >= 11 is 1.34. The van der Waals surface area contributed by atoms with Crippen molar-refractivity contribution < 1.29 is 4.79 Å². The Labute approximate surface area is 82.2 Å². The predicted molar refractivity (Wildman–Crippen MR) is 56.0 cm³/mol. The molecule has 1 rings (SSSR count). The fourth-order valence-electron chi connectivity index (χ4n) is 1.13. The summed E-state index contributed by atoms with van der Waals surface area (Å²) in [6.07, 6.45) is 0. The van der Waals surface area contributed by atoms with Crippen molar-refractivity contribution in [2.45, 2.75) is 13.8 Å². The van der Waals surface area contributed by atoms with Crippen molar-refractivity contribution in [3.8, 4) is 0 Å². The normalized spacial score (nSPS) is 10.0. The summed E-state index contributed by atoms with van der Waals surface area (Å²) in [6.45, 7) is 5.43. The van der Waals surface area contributed by atoms with Gasteiger partial charge in [0.1, 0.15) is 0 Å². The van der Waals surface area contributed by atoms with Crippen molar-refractivity contribution in [2.24, 2.45) is 0 Å². The Hall–Kier alpha value is -1.03. The van der Waals surface area contributed by atoms with Gasteiger partial charge in [-0.1, -0.05) is 0 Å². The molecule has 0 fully saturated rings. The fraction of sp³-hybridized carbons (Fsp3) is 0.444. The van der Waals surface area contributed by atoms with Crippen LogP contribution in [0.5, 0.6) is 0 Å². The highest BCUT2D eigenvalue weighted by Gasteiger charge is 2.13. The first-order chi connectivity index (χ1) is 6.19. The third-order valence-corrected chi connectivity index (χ3v) is 2.79. The summed E-state index contributed by atoms with van der Waals surface area (Å²) in [5.41, 5.74) is 5.55. The highest BCUT2D eigenvalue weighted by atomic mass is 32.1. The topological polar surface area (TPSA) is 46.3 Å². The Morgan fingerprint density at radius 2 is 2.08 bits per heavy atom. The fourth-order valence-corrected chi connectivity index (χ4v) is 1.88. The number of nitrogens with two attached hydrogens (primary N) is 1. The molecular weight excluding hydrogens is 184 g/mol. The first kappa shape index (κ1) is 10.1. The number of thiophene rings is 1. The van der Waals surface area contributed by atoms with Crippen molar-refractivity contribution in [3.63, 3.8) is 0 Å². The van der Waals surface area contributed by atoms with Gasteiger partial charge in [-0.3, -0.25) is 4.79 Å². The molecule has 0 bridgehead atoms. The maximum absolute atomic E-state index is 11.7. The molecule has 0 aliphatic rings. The van der Waals surface area contributed by atoms with Gasteiger partial charge in [0.25, 0.3) is 5.91 Å². The van der Waals surface area contributed by atoms with Gasteiger partial charge in [-0.25, -0.2) is 0 Å². The second-order valence-electron chi connectivity index (χ2n) is 2.68. The van der Waals surface area contributed by atoms with Crippen LogP contribution in [0, 0.1) is 0 Å². The van der Waals surface area contributed by atoms with E-state index in [0.29, 0.717) is 5.00 Å².